The number of anilines is 2. The number of allylic oxidation sites excluding steroid dienone is 1. The molecule has 124 valence electrons. The lowest BCUT2D eigenvalue weighted by atomic mass is 9.73. The largest absolute Gasteiger partial charge is 0.375 e. The zero-order valence-electron chi connectivity index (χ0n) is 14.2. The second-order valence-corrected chi connectivity index (χ2v) is 8.50. The molecule has 0 fully saturated rings. The van der Waals surface area contributed by atoms with E-state index in [0.29, 0.717) is 12.2 Å². The van der Waals surface area contributed by atoms with Gasteiger partial charge in [-0.1, -0.05) is 32.1 Å². The fraction of sp³-hybridized carbons (Fsp3) is 0.350. The number of Topliss-reactive ketones (excluding diaryl/α,β-unsaturated/α-hetero) is 1. The van der Waals surface area contributed by atoms with Crippen LogP contribution in [-0.4, -0.2) is 5.78 Å². The number of rotatable bonds is 1. The molecule has 3 nitrogen and oxygen atoms in total. The third kappa shape index (κ3) is 2.65. The molecule has 1 aromatic heterocycles. The molecule has 2 aromatic rings. The summed E-state index contributed by atoms with van der Waals surface area (Å²) >= 11 is 1.71. The van der Waals surface area contributed by atoms with Crippen molar-refractivity contribution in [2.24, 2.45) is 11.3 Å². The van der Waals surface area contributed by atoms with Crippen molar-refractivity contribution < 1.29 is 4.79 Å². The lowest BCUT2D eigenvalue weighted by Crippen LogP contribution is -2.36. The van der Waals surface area contributed by atoms with Crippen LogP contribution in [0, 0.1) is 18.3 Å². The van der Waals surface area contributed by atoms with Crippen LogP contribution in [-0.2, 0) is 4.79 Å². The van der Waals surface area contributed by atoms with Gasteiger partial charge in [0.1, 0.15) is 5.78 Å². The minimum absolute atomic E-state index is 0.0181. The average molecular weight is 338 g/mol. The van der Waals surface area contributed by atoms with E-state index in [4.69, 9.17) is 0 Å². The number of hydrogen-bond donors (Lipinski definition) is 2. The molecule has 2 unspecified atom stereocenters. The number of carbonyl (C=O) groups excluding carboxylic acids is 1. The fourth-order valence-corrected chi connectivity index (χ4v) is 4.58. The first kappa shape index (κ1) is 15.5. The van der Waals surface area contributed by atoms with Gasteiger partial charge in [0.15, 0.2) is 0 Å². The third-order valence-corrected chi connectivity index (χ3v) is 5.76. The monoisotopic (exact) mass is 338 g/mol. The van der Waals surface area contributed by atoms with Gasteiger partial charge in [0.2, 0.25) is 0 Å². The Hall–Kier alpha value is -2.07. The van der Waals surface area contributed by atoms with Crippen LogP contribution in [0.4, 0.5) is 11.4 Å². The summed E-state index contributed by atoms with van der Waals surface area (Å²) in [6, 6.07) is 10.5. The van der Waals surface area contributed by atoms with E-state index < -0.39 is 0 Å². The predicted molar refractivity (Wildman–Crippen MR) is 100 cm³/mol. The molecule has 1 aliphatic carbocycles. The van der Waals surface area contributed by atoms with Crippen molar-refractivity contribution in [1.29, 1.82) is 0 Å². The van der Waals surface area contributed by atoms with Crippen LogP contribution in [0.15, 0.2) is 47.5 Å². The van der Waals surface area contributed by atoms with Crippen LogP contribution in [0.1, 0.15) is 36.8 Å². The Kier molecular flexibility index (Phi) is 3.53. The number of fused-ring (bicyclic) bond motifs is 2. The van der Waals surface area contributed by atoms with Gasteiger partial charge in [-0.25, -0.2) is 0 Å². The normalized spacial score (nSPS) is 24.8. The molecule has 0 saturated heterocycles. The highest BCUT2D eigenvalue weighted by Gasteiger charge is 2.41. The molecule has 2 aliphatic rings. The van der Waals surface area contributed by atoms with Crippen molar-refractivity contribution in [1.82, 2.24) is 0 Å². The second kappa shape index (κ2) is 5.49. The summed E-state index contributed by atoms with van der Waals surface area (Å²) in [5.74, 6) is 0.143. The van der Waals surface area contributed by atoms with E-state index in [0.717, 1.165) is 17.1 Å². The number of thiophene rings is 1. The van der Waals surface area contributed by atoms with E-state index in [2.05, 4.69) is 73.2 Å². The summed E-state index contributed by atoms with van der Waals surface area (Å²) in [6.45, 7) is 6.35. The van der Waals surface area contributed by atoms with Crippen molar-refractivity contribution in [3.05, 3.63) is 57.9 Å². The number of hydrogen-bond acceptors (Lipinski definition) is 4. The van der Waals surface area contributed by atoms with Crippen LogP contribution < -0.4 is 10.6 Å². The van der Waals surface area contributed by atoms with Gasteiger partial charge >= 0.3 is 0 Å². The molecule has 0 bridgehead atoms. The van der Waals surface area contributed by atoms with Crippen LogP contribution in [0.3, 0.4) is 0 Å². The standard InChI is InChI=1S/C20H22N2OS/c1-12-6-7-13-14(9-12)22-19(17-5-4-8-24-17)18-15(21-13)10-20(2,3)11-16(18)23/h4-10,18-19,21-22H,11H2,1-3H3. The van der Waals surface area contributed by atoms with Gasteiger partial charge in [0.25, 0.3) is 0 Å². The molecule has 0 amide bonds. The SMILES string of the molecule is Cc1ccc2c(c1)NC(c1cccs1)C1C(=O)CC(C)(C)C=C1N2. The first-order valence-electron chi connectivity index (χ1n) is 8.36. The van der Waals surface area contributed by atoms with Crippen molar-refractivity contribution in [3.8, 4) is 0 Å². The Labute approximate surface area is 146 Å². The molecule has 2 heterocycles. The average Bonchev–Trinajstić information content (AvgIpc) is 2.96. The lowest BCUT2D eigenvalue weighted by molar-refractivity contribution is -0.124. The fourth-order valence-electron chi connectivity index (χ4n) is 3.77. The first-order valence-corrected chi connectivity index (χ1v) is 9.24. The molecule has 1 aliphatic heterocycles. The maximum atomic E-state index is 13.0. The predicted octanol–water partition coefficient (Wildman–Crippen LogP) is 5.13. The van der Waals surface area contributed by atoms with E-state index in [-0.39, 0.29) is 17.4 Å². The summed E-state index contributed by atoms with van der Waals surface area (Å²) < 4.78 is 0. The Bertz CT molecular complexity index is 820. The van der Waals surface area contributed by atoms with E-state index in [9.17, 15) is 4.79 Å². The van der Waals surface area contributed by atoms with Gasteiger partial charge in [0.05, 0.1) is 23.3 Å². The summed E-state index contributed by atoms with van der Waals surface area (Å²) in [5.41, 5.74) is 4.24. The molecule has 2 N–H and O–H groups in total. The van der Waals surface area contributed by atoms with E-state index in [1.807, 2.05) is 0 Å². The van der Waals surface area contributed by atoms with Crippen molar-refractivity contribution in [2.45, 2.75) is 33.2 Å². The zero-order chi connectivity index (χ0) is 16.9. The Morgan fingerprint density at radius 3 is 2.79 bits per heavy atom. The number of benzene rings is 1. The van der Waals surface area contributed by atoms with Gasteiger partial charge in [-0.05, 0) is 41.5 Å². The third-order valence-electron chi connectivity index (χ3n) is 4.81. The molecule has 0 saturated carbocycles. The minimum Gasteiger partial charge on any atom is -0.375 e. The smallest absolute Gasteiger partial charge is 0.145 e. The molecule has 0 radical (unpaired) electrons. The van der Waals surface area contributed by atoms with Crippen LogP contribution in [0.2, 0.25) is 0 Å². The van der Waals surface area contributed by atoms with Crippen LogP contribution in [0.25, 0.3) is 0 Å². The maximum Gasteiger partial charge on any atom is 0.145 e. The van der Waals surface area contributed by atoms with E-state index in [1.54, 1.807) is 11.3 Å². The molecule has 24 heavy (non-hydrogen) atoms. The van der Waals surface area contributed by atoms with E-state index >= 15 is 0 Å². The zero-order valence-corrected chi connectivity index (χ0v) is 15.0. The molecule has 4 rings (SSSR count). The molecule has 2 atom stereocenters. The van der Waals surface area contributed by atoms with Crippen LogP contribution in [0.5, 0.6) is 0 Å². The van der Waals surface area contributed by atoms with Crippen molar-refractivity contribution in [3.63, 3.8) is 0 Å². The summed E-state index contributed by atoms with van der Waals surface area (Å²) in [4.78, 5) is 14.2. The molecular formula is C20H22N2OS. The summed E-state index contributed by atoms with van der Waals surface area (Å²) in [6.07, 6.45) is 2.83. The molecule has 1 aromatic carbocycles. The lowest BCUT2D eigenvalue weighted by Gasteiger charge is -2.35. The van der Waals surface area contributed by atoms with Gasteiger partial charge in [-0.15, -0.1) is 11.3 Å². The van der Waals surface area contributed by atoms with Crippen LogP contribution >= 0.6 is 11.3 Å². The number of aryl methyl sites for hydroxylation is 1. The second-order valence-electron chi connectivity index (χ2n) is 7.52. The highest BCUT2D eigenvalue weighted by Crippen LogP contribution is 2.46. The highest BCUT2D eigenvalue weighted by molar-refractivity contribution is 7.10. The minimum atomic E-state index is -0.163. The Morgan fingerprint density at radius 1 is 1.21 bits per heavy atom. The maximum absolute atomic E-state index is 13.0. The topological polar surface area (TPSA) is 41.1 Å². The molecule has 4 heteroatoms. The Balaban J connectivity index is 1.88. The van der Waals surface area contributed by atoms with E-state index in [1.165, 1.54) is 10.4 Å². The Morgan fingerprint density at radius 2 is 2.04 bits per heavy atom. The number of ketones is 1. The van der Waals surface area contributed by atoms with Gasteiger partial charge < -0.3 is 10.6 Å². The molecular weight excluding hydrogens is 316 g/mol. The quantitative estimate of drug-likeness (QED) is 0.757. The summed E-state index contributed by atoms with van der Waals surface area (Å²) in [7, 11) is 0. The highest BCUT2D eigenvalue weighted by atomic mass is 32.1. The first-order chi connectivity index (χ1) is 11.4. The number of carbonyl (C=O) groups is 1. The van der Waals surface area contributed by atoms with Crippen molar-refractivity contribution in [2.75, 3.05) is 10.6 Å². The van der Waals surface area contributed by atoms with Gasteiger partial charge in [0, 0.05) is 17.0 Å². The van der Waals surface area contributed by atoms with Gasteiger partial charge in [-0.2, -0.15) is 0 Å². The van der Waals surface area contributed by atoms with Crippen molar-refractivity contribution >= 4 is 28.5 Å². The summed E-state index contributed by atoms with van der Waals surface area (Å²) in [5, 5.41) is 9.27. The molecule has 0 spiro atoms. The van der Waals surface area contributed by atoms with Gasteiger partial charge in [-0.3, -0.25) is 4.79 Å². The number of nitrogens with one attached hydrogen (secondary N) is 2.